The summed E-state index contributed by atoms with van der Waals surface area (Å²) in [5.74, 6) is -2.89. The lowest BCUT2D eigenvalue weighted by Crippen LogP contribution is -2.02. The third kappa shape index (κ3) is 3.04. The van der Waals surface area contributed by atoms with Crippen LogP contribution >= 0.6 is 0 Å². The van der Waals surface area contributed by atoms with Crippen LogP contribution in [0.3, 0.4) is 0 Å². The molecule has 0 fully saturated rings. The molecule has 1 N–H and O–H groups in total. The lowest BCUT2D eigenvalue weighted by atomic mass is 10.2. The van der Waals surface area contributed by atoms with Crippen LogP contribution in [0, 0.1) is 28.7 Å². The molecule has 1 aromatic heterocycles. The van der Waals surface area contributed by atoms with Crippen LogP contribution in [0.1, 0.15) is 5.56 Å². The summed E-state index contributed by atoms with van der Waals surface area (Å²) in [6, 6.07) is 4.78. The molecule has 0 saturated heterocycles. The molecule has 110 valence electrons. The van der Waals surface area contributed by atoms with Gasteiger partial charge in [-0.1, -0.05) is 6.07 Å². The number of nitrogens with one attached hydrogen (secondary N) is 1. The second-order valence-corrected chi connectivity index (χ2v) is 4.19. The van der Waals surface area contributed by atoms with E-state index in [2.05, 4.69) is 10.3 Å². The zero-order chi connectivity index (χ0) is 15.6. The van der Waals surface area contributed by atoms with Crippen LogP contribution in [0.15, 0.2) is 24.3 Å². The van der Waals surface area contributed by atoms with Crippen molar-refractivity contribution in [3.63, 3.8) is 0 Å². The summed E-state index contributed by atoms with van der Waals surface area (Å²) in [4.78, 5) is 13.9. The van der Waals surface area contributed by atoms with Gasteiger partial charge < -0.3 is 10.1 Å². The zero-order valence-electron chi connectivity index (χ0n) is 11.2. The molecule has 6 nitrogen and oxygen atoms in total. The molecule has 0 amide bonds. The molecule has 0 aliphatic carbocycles. The molecule has 2 rings (SSSR count). The normalized spacial score (nSPS) is 10.3. The van der Waals surface area contributed by atoms with Gasteiger partial charge in [-0.15, -0.1) is 0 Å². The molecular formula is C13H11F2N3O3. The number of ether oxygens (including phenoxy) is 1. The first-order valence-electron chi connectivity index (χ1n) is 5.89. The third-order valence-corrected chi connectivity index (χ3v) is 2.65. The van der Waals surface area contributed by atoms with Crippen LogP contribution in [0.5, 0.6) is 11.6 Å². The van der Waals surface area contributed by atoms with Crippen molar-refractivity contribution >= 4 is 11.5 Å². The highest BCUT2D eigenvalue weighted by Crippen LogP contribution is 2.33. The van der Waals surface area contributed by atoms with Crippen LogP contribution in [-0.2, 0) is 0 Å². The van der Waals surface area contributed by atoms with E-state index in [1.807, 2.05) is 0 Å². The van der Waals surface area contributed by atoms with Gasteiger partial charge in [0.2, 0.25) is 5.75 Å². The number of hydrogen-bond acceptors (Lipinski definition) is 5. The number of halogens is 2. The van der Waals surface area contributed by atoms with Gasteiger partial charge in [0.05, 0.1) is 4.92 Å². The van der Waals surface area contributed by atoms with E-state index < -0.39 is 22.4 Å². The van der Waals surface area contributed by atoms with E-state index in [0.717, 1.165) is 0 Å². The van der Waals surface area contributed by atoms with Crippen molar-refractivity contribution in [3.8, 4) is 11.6 Å². The largest absolute Gasteiger partial charge is 0.429 e. The Labute approximate surface area is 118 Å². The van der Waals surface area contributed by atoms with E-state index in [1.54, 1.807) is 13.0 Å². The lowest BCUT2D eigenvalue weighted by Gasteiger charge is -2.09. The molecule has 1 aromatic carbocycles. The highest BCUT2D eigenvalue weighted by atomic mass is 19.1. The van der Waals surface area contributed by atoms with E-state index in [0.29, 0.717) is 11.6 Å². The minimum Gasteiger partial charge on any atom is -0.429 e. The van der Waals surface area contributed by atoms with E-state index in [1.165, 1.54) is 19.2 Å². The molecule has 1 heterocycles. The number of nitro groups is 1. The summed E-state index contributed by atoms with van der Waals surface area (Å²) in [7, 11) is 1.40. The van der Waals surface area contributed by atoms with Crippen LogP contribution in [0.2, 0.25) is 0 Å². The molecule has 0 saturated carbocycles. The number of aromatic nitrogens is 1. The van der Waals surface area contributed by atoms with Gasteiger partial charge in [-0.2, -0.15) is 4.98 Å². The molecule has 0 atom stereocenters. The maximum Gasteiger partial charge on any atom is 0.311 e. The minimum absolute atomic E-state index is 0.175. The Morgan fingerprint density at radius 3 is 2.62 bits per heavy atom. The summed E-state index contributed by atoms with van der Waals surface area (Å²) >= 11 is 0. The molecule has 0 aliphatic rings. The smallest absolute Gasteiger partial charge is 0.311 e. The Morgan fingerprint density at radius 1 is 1.29 bits per heavy atom. The highest BCUT2D eigenvalue weighted by molar-refractivity contribution is 5.50. The van der Waals surface area contributed by atoms with Crippen LogP contribution in [0.25, 0.3) is 0 Å². The first-order valence-corrected chi connectivity index (χ1v) is 5.89. The first-order chi connectivity index (χ1) is 9.92. The third-order valence-electron chi connectivity index (χ3n) is 2.65. The van der Waals surface area contributed by atoms with Crippen molar-refractivity contribution < 1.29 is 18.4 Å². The van der Waals surface area contributed by atoms with E-state index in [-0.39, 0.29) is 17.3 Å². The van der Waals surface area contributed by atoms with Gasteiger partial charge in [-0.25, -0.2) is 8.78 Å². The van der Waals surface area contributed by atoms with Crippen molar-refractivity contribution in [1.29, 1.82) is 0 Å². The van der Waals surface area contributed by atoms with E-state index in [4.69, 9.17) is 4.74 Å². The van der Waals surface area contributed by atoms with Gasteiger partial charge in [-0.05, 0) is 18.6 Å². The van der Waals surface area contributed by atoms with Crippen molar-refractivity contribution in [2.75, 3.05) is 12.4 Å². The Kier molecular flexibility index (Phi) is 3.97. The van der Waals surface area contributed by atoms with Crippen molar-refractivity contribution in [2.45, 2.75) is 6.92 Å². The molecule has 0 aliphatic heterocycles. The summed E-state index contributed by atoms with van der Waals surface area (Å²) < 4.78 is 32.1. The molecule has 2 aromatic rings. The molecule has 0 radical (unpaired) electrons. The Balaban J connectivity index is 2.45. The van der Waals surface area contributed by atoms with Crippen molar-refractivity contribution in [1.82, 2.24) is 4.98 Å². The Morgan fingerprint density at radius 2 is 2.00 bits per heavy atom. The average Bonchev–Trinajstić information content (AvgIpc) is 2.43. The number of hydrogen-bond donors (Lipinski definition) is 1. The van der Waals surface area contributed by atoms with E-state index >= 15 is 0 Å². The molecule has 0 unspecified atom stereocenters. The maximum atomic E-state index is 13.6. The Bertz CT molecular complexity index is 707. The van der Waals surface area contributed by atoms with Gasteiger partial charge in [0, 0.05) is 19.2 Å². The number of pyridine rings is 1. The van der Waals surface area contributed by atoms with Crippen LogP contribution < -0.4 is 10.1 Å². The number of benzene rings is 1. The summed E-state index contributed by atoms with van der Waals surface area (Å²) in [5.41, 5.74) is 0.323. The summed E-state index contributed by atoms with van der Waals surface area (Å²) in [6.07, 6.45) is 0. The average molecular weight is 295 g/mol. The van der Waals surface area contributed by atoms with Crippen LogP contribution in [0.4, 0.5) is 20.3 Å². The SMILES string of the molecule is CNc1nc(Oc2ccc(C)cc2[N+](=O)[O-])c(F)cc1F. The van der Waals surface area contributed by atoms with Gasteiger partial charge in [0.1, 0.15) is 0 Å². The minimum atomic E-state index is -1.05. The first kappa shape index (κ1) is 14.6. The number of rotatable bonds is 4. The van der Waals surface area contributed by atoms with Crippen molar-refractivity contribution in [3.05, 3.63) is 51.6 Å². The summed E-state index contributed by atoms with van der Waals surface area (Å²) in [5, 5.41) is 13.4. The van der Waals surface area contributed by atoms with Gasteiger partial charge in [0.15, 0.2) is 17.5 Å². The molecular weight excluding hydrogens is 284 g/mol. The fraction of sp³-hybridized carbons (Fsp3) is 0.154. The highest BCUT2D eigenvalue weighted by Gasteiger charge is 2.19. The number of nitrogens with zero attached hydrogens (tertiary/aromatic N) is 2. The summed E-state index contributed by atoms with van der Waals surface area (Å²) in [6.45, 7) is 1.67. The lowest BCUT2D eigenvalue weighted by molar-refractivity contribution is -0.385. The standard InChI is InChI=1S/C13H11F2N3O3/c1-7-3-4-11(10(5-7)18(19)20)21-13-9(15)6-8(14)12(16-2)17-13/h3-6H,1-2H3,(H,16,17). The molecule has 0 bridgehead atoms. The molecule has 21 heavy (non-hydrogen) atoms. The zero-order valence-corrected chi connectivity index (χ0v) is 11.2. The van der Waals surface area contributed by atoms with Gasteiger partial charge >= 0.3 is 5.69 Å². The molecule has 0 spiro atoms. The Hall–Kier alpha value is -2.77. The maximum absolute atomic E-state index is 13.6. The number of anilines is 1. The topological polar surface area (TPSA) is 77.3 Å². The van der Waals surface area contributed by atoms with E-state index in [9.17, 15) is 18.9 Å². The van der Waals surface area contributed by atoms with Crippen molar-refractivity contribution in [2.24, 2.45) is 0 Å². The van der Waals surface area contributed by atoms with Gasteiger partial charge in [0.25, 0.3) is 5.88 Å². The second-order valence-electron chi connectivity index (χ2n) is 4.19. The number of aryl methyl sites for hydroxylation is 1. The monoisotopic (exact) mass is 295 g/mol. The molecule has 8 heteroatoms. The predicted molar refractivity (Wildman–Crippen MR) is 71.6 cm³/mol. The van der Waals surface area contributed by atoms with Gasteiger partial charge in [-0.3, -0.25) is 10.1 Å². The fourth-order valence-electron chi connectivity index (χ4n) is 1.66. The fourth-order valence-corrected chi connectivity index (χ4v) is 1.66. The second kappa shape index (κ2) is 5.70. The number of nitro benzene ring substituents is 1. The quantitative estimate of drug-likeness (QED) is 0.691. The van der Waals surface area contributed by atoms with Crippen LogP contribution in [-0.4, -0.2) is 17.0 Å². The predicted octanol–water partition coefficient (Wildman–Crippen LogP) is 3.41.